The minimum atomic E-state index is -2.09. The van der Waals surface area contributed by atoms with Crippen molar-refractivity contribution in [1.82, 2.24) is 0 Å². The van der Waals surface area contributed by atoms with Crippen LogP contribution < -0.4 is 10.5 Å². The molecule has 5 rings (SSSR count). The maximum Gasteiger partial charge on any atom is 0.283 e. The minimum Gasteiger partial charge on any atom is -0.497 e. The lowest BCUT2D eigenvalue weighted by Gasteiger charge is -2.47. The van der Waals surface area contributed by atoms with Gasteiger partial charge in [-0.05, 0) is 78.1 Å². The van der Waals surface area contributed by atoms with E-state index >= 15 is 0 Å². The van der Waals surface area contributed by atoms with Gasteiger partial charge in [0.15, 0.2) is 0 Å². The van der Waals surface area contributed by atoms with Crippen LogP contribution in [0, 0.1) is 22.7 Å². The molecule has 6 heteroatoms. The fraction of sp³-hybridized carbons (Fsp3) is 0.462. The van der Waals surface area contributed by atoms with E-state index in [1.54, 1.807) is 20.3 Å². The first-order valence-electron chi connectivity index (χ1n) is 12.0. The summed E-state index contributed by atoms with van der Waals surface area (Å²) in [4.78, 5) is 4.76. The maximum absolute atomic E-state index is 9.47. The summed E-state index contributed by atoms with van der Waals surface area (Å²) in [7, 11) is 3.31. The molecule has 0 bridgehead atoms. The zero-order chi connectivity index (χ0) is 24.3. The molecule has 1 saturated carbocycles. The van der Waals surface area contributed by atoms with Crippen LogP contribution in [-0.2, 0) is 21.4 Å². The maximum atomic E-state index is 9.47. The summed E-state index contributed by atoms with van der Waals surface area (Å²) in [6.07, 6.45) is 3.18. The minimum absolute atomic E-state index is 0.114. The topological polar surface area (TPSA) is 89.9 Å². The molecule has 3 aliphatic rings. The van der Waals surface area contributed by atoms with E-state index in [0.717, 1.165) is 41.5 Å². The molecule has 0 radical (unpaired) electrons. The van der Waals surface area contributed by atoms with Crippen LogP contribution in [0.4, 0.5) is 0 Å². The zero-order valence-corrected chi connectivity index (χ0v) is 18.6. The van der Waals surface area contributed by atoms with Crippen LogP contribution >= 0.6 is 0 Å². The summed E-state index contributed by atoms with van der Waals surface area (Å²) in [6.45, 7) is 0.0715. The van der Waals surface area contributed by atoms with Crippen LogP contribution in [0.3, 0.4) is 0 Å². The fourth-order valence-corrected chi connectivity index (χ4v) is 6.04. The molecule has 0 amide bonds. The molecule has 0 aromatic heterocycles. The lowest BCUT2D eigenvalue weighted by Crippen LogP contribution is -2.48. The number of benzene rings is 2. The van der Waals surface area contributed by atoms with Gasteiger partial charge < -0.3 is 19.9 Å². The first-order chi connectivity index (χ1) is 16.2. The molecule has 2 aromatic rings. The number of fused-ring (bicyclic) bond motifs is 3. The van der Waals surface area contributed by atoms with Crippen molar-refractivity contribution in [1.29, 1.82) is 5.26 Å². The zero-order valence-electron chi connectivity index (χ0n) is 20.6. The van der Waals surface area contributed by atoms with E-state index in [2.05, 4.69) is 19.1 Å². The van der Waals surface area contributed by atoms with Gasteiger partial charge in [0, 0.05) is 12.5 Å². The van der Waals surface area contributed by atoms with Gasteiger partial charge in [-0.2, -0.15) is 5.26 Å². The second-order valence-electron chi connectivity index (χ2n) is 9.25. The van der Waals surface area contributed by atoms with Crippen molar-refractivity contribution in [3.63, 3.8) is 0 Å². The number of hydrogen-bond acceptors (Lipinski definition) is 6. The summed E-state index contributed by atoms with van der Waals surface area (Å²) >= 11 is 0. The van der Waals surface area contributed by atoms with Crippen LogP contribution in [0.1, 0.15) is 45.6 Å². The van der Waals surface area contributed by atoms with Gasteiger partial charge in [0.25, 0.3) is 6.02 Å². The highest BCUT2D eigenvalue weighted by Crippen LogP contribution is 2.62. The van der Waals surface area contributed by atoms with E-state index in [9.17, 15) is 5.26 Å². The molecule has 2 spiro atoms. The molecule has 1 fully saturated rings. The van der Waals surface area contributed by atoms with Crippen LogP contribution in [0.15, 0.2) is 41.4 Å². The smallest absolute Gasteiger partial charge is 0.283 e. The highest BCUT2D eigenvalue weighted by molar-refractivity contribution is 5.76. The van der Waals surface area contributed by atoms with Crippen molar-refractivity contribution in [2.45, 2.75) is 44.2 Å². The quantitative estimate of drug-likeness (QED) is 0.785. The number of nitrogens with zero attached hydrogens (tertiary/aromatic N) is 2. The average molecular weight is 434 g/mol. The third kappa shape index (κ3) is 2.99. The van der Waals surface area contributed by atoms with Crippen molar-refractivity contribution in [2.24, 2.45) is 22.1 Å². The van der Waals surface area contributed by atoms with Crippen molar-refractivity contribution >= 4 is 6.02 Å². The highest BCUT2D eigenvalue weighted by Gasteiger charge is 2.62. The van der Waals surface area contributed by atoms with Crippen molar-refractivity contribution < 1.29 is 17.0 Å². The second-order valence-corrected chi connectivity index (χ2v) is 9.25. The van der Waals surface area contributed by atoms with E-state index in [0.29, 0.717) is 17.7 Å². The molecule has 1 heterocycles. The standard InChI is InChI=1S/C26H29N3O3/c1-16-12-25(7-6-23(16)31-3)13-19-5-4-18(11-22(19)26(25)15-32-24(28)29-26)20-8-17(14-27)9-21(10-20)30-2/h4-5,8-11,16,23H,6-7,12-13,15H2,1-3H3,(H2,28,29)/t16-,23-,25-,26-/m0/s1/i15D2. The summed E-state index contributed by atoms with van der Waals surface area (Å²) in [5.74, 6) is 0.836. The van der Waals surface area contributed by atoms with Crippen molar-refractivity contribution in [3.8, 4) is 22.9 Å². The Labute approximate surface area is 191 Å². The van der Waals surface area contributed by atoms with Gasteiger partial charge in [0.2, 0.25) is 0 Å². The summed E-state index contributed by atoms with van der Waals surface area (Å²) in [6, 6.07) is 13.5. The predicted molar refractivity (Wildman–Crippen MR) is 122 cm³/mol. The first kappa shape index (κ1) is 18.5. The Balaban J connectivity index is 1.69. The van der Waals surface area contributed by atoms with Crippen molar-refractivity contribution in [3.05, 3.63) is 53.1 Å². The normalized spacial score (nSPS) is 33.1. The Bertz CT molecular complexity index is 1220. The van der Waals surface area contributed by atoms with E-state index in [4.69, 9.17) is 27.7 Å². The van der Waals surface area contributed by atoms with Gasteiger partial charge in [-0.15, -0.1) is 0 Å². The molecular formula is C26H29N3O3. The molecule has 0 unspecified atom stereocenters. The number of nitriles is 1. The molecule has 2 aromatic carbocycles. The number of ether oxygens (including phenoxy) is 3. The Hall–Kier alpha value is -3.04. The number of aliphatic imine (C=N–C) groups is 1. The summed E-state index contributed by atoms with van der Waals surface area (Å²) < 4.78 is 34.6. The monoisotopic (exact) mass is 433 g/mol. The summed E-state index contributed by atoms with van der Waals surface area (Å²) in [5.41, 5.74) is 8.35. The molecule has 0 saturated heterocycles. The molecule has 6 nitrogen and oxygen atoms in total. The Kier molecular flexibility index (Phi) is 4.36. The van der Waals surface area contributed by atoms with Gasteiger partial charge in [0.05, 0.1) is 27.6 Å². The molecule has 166 valence electrons. The van der Waals surface area contributed by atoms with E-state index < -0.39 is 17.5 Å². The molecule has 1 aliphatic heterocycles. The fourth-order valence-electron chi connectivity index (χ4n) is 6.04. The van der Waals surface area contributed by atoms with Gasteiger partial charge in [-0.25, -0.2) is 4.99 Å². The predicted octanol–water partition coefficient (Wildman–Crippen LogP) is 4.15. The lowest BCUT2D eigenvalue weighted by atomic mass is 9.59. The highest BCUT2D eigenvalue weighted by atomic mass is 16.5. The Morgan fingerprint density at radius 1 is 1.25 bits per heavy atom. The largest absolute Gasteiger partial charge is 0.497 e. The number of rotatable bonds is 3. The molecule has 32 heavy (non-hydrogen) atoms. The van der Waals surface area contributed by atoms with E-state index in [1.807, 2.05) is 24.3 Å². The van der Waals surface area contributed by atoms with Crippen LogP contribution in [0.2, 0.25) is 0 Å². The van der Waals surface area contributed by atoms with Gasteiger partial charge in [-0.1, -0.05) is 19.1 Å². The van der Waals surface area contributed by atoms with Gasteiger partial charge in [-0.3, -0.25) is 0 Å². The molecule has 2 N–H and O–H groups in total. The van der Waals surface area contributed by atoms with Crippen LogP contribution in [0.5, 0.6) is 5.75 Å². The third-order valence-corrected chi connectivity index (χ3v) is 7.54. The van der Waals surface area contributed by atoms with Crippen LogP contribution in [-0.4, -0.2) is 32.9 Å². The Morgan fingerprint density at radius 3 is 2.75 bits per heavy atom. The number of hydrogen-bond donors (Lipinski definition) is 1. The SMILES string of the molecule is [2H]C1([2H])OC(N)=N[C@]12c1cc(-c3cc(C#N)cc(OC)c3)ccc1C[C@@]21CC[C@H](OC)[C@@H](C)C1. The first-order valence-corrected chi connectivity index (χ1v) is 11.0. The third-order valence-electron chi connectivity index (χ3n) is 7.54. The lowest BCUT2D eigenvalue weighted by molar-refractivity contribution is -0.0445. The number of amidine groups is 1. The average Bonchev–Trinajstić information content (AvgIpc) is 3.22. The van der Waals surface area contributed by atoms with Crippen LogP contribution in [0.25, 0.3) is 11.1 Å². The summed E-state index contributed by atoms with van der Waals surface area (Å²) in [5, 5.41) is 9.47. The van der Waals surface area contributed by atoms with E-state index in [-0.39, 0.29) is 18.0 Å². The molecule has 4 atom stereocenters. The van der Waals surface area contributed by atoms with Crippen molar-refractivity contribution in [2.75, 3.05) is 20.8 Å². The van der Waals surface area contributed by atoms with E-state index in [1.165, 1.54) is 0 Å². The Morgan fingerprint density at radius 2 is 2.09 bits per heavy atom. The molecular weight excluding hydrogens is 402 g/mol. The second kappa shape index (κ2) is 7.53. The molecule has 2 aliphatic carbocycles. The number of methoxy groups -OCH3 is 2. The number of nitrogens with two attached hydrogens (primary N) is 1. The van der Waals surface area contributed by atoms with Gasteiger partial charge >= 0.3 is 0 Å². The van der Waals surface area contributed by atoms with Gasteiger partial charge in [0.1, 0.15) is 17.8 Å².